The van der Waals surface area contributed by atoms with Gasteiger partial charge in [0, 0.05) is 29.5 Å². The maximum atomic E-state index is 10.4. The first kappa shape index (κ1) is 18.4. The molecule has 0 aliphatic carbocycles. The largest absolute Gasteiger partial charge is 0.744 e. The van der Waals surface area contributed by atoms with Gasteiger partial charge in [-0.1, -0.05) is 29.3 Å². The van der Waals surface area contributed by atoms with E-state index in [2.05, 4.69) is 30.7 Å². The normalized spacial score (nSPS) is 11.0. The van der Waals surface area contributed by atoms with Crippen LogP contribution in [0.2, 0.25) is 5.02 Å². The van der Waals surface area contributed by atoms with Crippen LogP contribution in [0.5, 0.6) is 0 Å². The zero-order valence-electron chi connectivity index (χ0n) is 13.7. The number of halogens is 1. The lowest BCUT2D eigenvalue weighted by Gasteiger charge is -2.05. The zero-order chi connectivity index (χ0) is 17.9. The Kier molecular flexibility index (Phi) is 5.59. The molecule has 0 saturated heterocycles. The molecule has 1 heterocycles. The van der Waals surface area contributed by atoms with Crippen molar-refractivity contribution in [1.82, 2.24) is 0 Å². The number of aryl methyl sites for hydroxylation is 3. The molecule has 0 fully saturated rings. The number of nitrogens with zero attached hydrogens (tertiary/aromatic N) is 1. The van der Waals surface area contributed by atoms with E-state index in [4.69, 9.17) is 11.6 Å². The van der Waals surface area contributed by atoms with E-state index in [0.717, 1.165) is 10.6 Å². The number of aromatic nitrogens is 1. The van der Waals surface area contributed by atoms with Gasteiger partial charge in [0.2, 0.25) is 5.52 Å². The van der Waals surface area contributed by atoms with Gasteiger partial charge in [0.15, 0.2) is 5.69 Å². The van der Waals surface area contributed by atoms with Crippen LogP contribution >= 0.6 is 11.6 Å². The van der Waals surface area contributed by atoms with Crippen molar-refractivity contribution >= 4 is 32.6 Å². The molecule has 3 rings (SSSR count). The number of pyridine rings is 1. The summed E-state index contributed by atoms with van der Waals surface area (Å²) in [5.74, 6) is 0. The highest BCUT2D eigenvalue weighted by atomic mass is 35.5. The highest BCUT2D eigenvalue weighted by molar-refractivity contribution is 7.85. The van der Waals surface area contributed by atoms with E-state index in [9.17, 15) is 13.0 Å². The Hall–Kier alpha value is -1.95. The van der Waals surface area contributed by atoms with Gasteiger partial charge in [0.25, 0.3) is 0 Å². The monoisotopic (exact) mass is 363 g/mol. The van der Waals surface area contributed by atoms with E-state index in [1.165, 1.54) is 28.7 Å². The van der Waals surface area contributed by atoms with Crippen molar-refractivity contribution in [2.45, 2.75) is 18.7 Å². The van der Waals surface area contributed by atoms with Crippen molar-refractivity contribution < 1.29 is 17.5 Å². The molecule has 0 aliphatic heterocycles. The summed E-state index contributed by atoms with van der Waals surface area (Å²) in [7, 11) is -2.21. The molecule has 0 unspecified atom stereocenters. The molecule has 0 N–H and O–H groups in total. The first-order valence-electron chi connectivity index (χ1n) is 7.26. The molecule has 1 aromatic heterocycles. The van der Waals surface area contributed by atoms with E-state index < -0.39 is 10.1 Å². The van der Waals surface area contributed by atoms with Crippen molar-refractivity contribution in [3.05, 3.63) is 70.9 Å². The van der Waals surface area contributed by atoms with Crippen LogP contribution < -0.4 is 4.57 Å². The highest BCUT2D eigenvalue weighted by Crippen LogP contribution is 2.16. The molecule has 0 atom stereocenters. The van der Waals surface area contributed by atoms with Crippen LogP contribution in [-0.4, -0.2) is 13.0 Å². The molecule has 3 aromatic rings. The Morgan fingerprint density at radius 1 is 0.958 bits per heavy atom. The van der Waals surface area contributed by atoms with E-state index in [-0.39, 0.29) is 4.90 Å². The highest BCUT2D eigenvalue weighted by Gasteiger charge is 2.07. The smallest absolute Gasteiger partial charge is 0.212 e. The molecule has 2 aromatic carbocycles. The molecule has 6 heteroatoms. The van der Waals surface area contributed by atoms with Crippen LogP contribution in [0.25, 0.3) is 10.9 Å². The minimum absolute atomic E-state index is 0.178. The number of rotatable bonds is 1. The summed E-state index contributed by atoms with van der Waals surface area (Å²) in [5, 5.41) is 1.97. The van der Waals surface area contributed by atoms with E-state index in [1.807, 2.05) is 25.1 Å². The topological polar surface area (TPSA) is 61.1 Å². The van der Waals surface area contributed by atoms with Gasteiger partial charge in [0.1, 0.15) is 17.2 Å². The molecule has 24 heavy (non-hydrogen) atoms. The average Bonchev–Trinajstić information content (AvgIpc) is 2.51. The van der Waals surface area contributed by atoms with Crippen molar-refractivity contribution in [2.75, 3.05) is 0 Å². The number of hydrogen-bond acceptors (Lipinski definition) is 3. The summed E-state index contributed by atoms with van der Waals surface area (Å²) in [6.45, 7) is 3.91. The Balaban J connectivity index is 0.000000177. The van der Waals surface area contributed by atoms with E-state index in [1.54, 1.807) is 12.1 Å². The summed E-state index contributed by atoms with van der Waals surface area (Å²) >= 11 is 5.90. The molecule has 0 aliphatic rings. The maximum Gasteiger partial charge on any atom is 0.212 e. The number of fused-ring (bicyclic) bond motifs is 1. The van der Waals surface area contributed by atoms with Gasteiger partial charge in [-0.05, 0) is 37.3 Å². The van der Waals surface area contributed by atoms with Gasteiger partial charge in [-0.2, -0.15) is 4.57 Å². The Bertz CT molecular complexity index is 967. The second-order valence-corrected chi connectivity index (χ2v) is 7.32. The Labute approximate surface area is 147 Å². The zero-order valence-corrected chi connectivity index (χ0v) is 15.2. The minimum Gasteiger partial charge on any atom is -0.744 e. The lowest BCUT2D eigenvalue weighted by Crippen LogP contribution is -2.32. The number of hydrogen-bond donors (Lipinski definition) is 0. The van der Waals surface area contributed by atoms with E-state index in [0.29, 0.717) is 0 Å². The van der Waals surface area contributed by atoms with Gasteiger partial charge < -0.3 is 4.55 Å². The molecule has 0 saturated carbocycles. The summed E-state index contributed by atoms with van der Waals surface area (Å²) < 4.78 is 33.3. The van der Waals surface area contributed by atoms with Crippen molar-refractivity contribution in [3.8, 4) is 0 Å². The molecular weight excluding hydrogens is 346 g/mol. The molecule has 0 spiro atoms. The first-order chi connectivity index (χ1) is 11.2. The Morgan fingerprint density at radius 3 is 2.17 bits per heavy atom. The minimum atomic E-state index is -4.27. The van der Waals surface area contributed by atoms with E-state index >= 15 is 0 Å². The average molecular weight is 364 g/mol. The van der Waals surface area contributed by atoms with Gasteiger partial charge in [-0.25, -0.2) is 8.42 Å². The van der Waals surface area contributed by atoms with Gasteiger partial charge in [-0.3, -0.25) is 0 Å². The predicted molar refractivity (Wildman–Crippen MR) is 94.0 cm³/mol. The Morgan fingerprint density at radius 2 is 1.58 bits per heavy atom. The quantitative estimate of drug-likeness (QED) is 0.491. The fourth-order valence-corrected chi connectivity index (χ4v) is 2.83. The van der Waals surface area contributed by atoms with Crippen LogP contribution in [0.3, 0.4) is 0 Å². The second-order valence-electron chi connectivity index (χ2n) is 5.50. The standard InChI is InChI=1S/C11H11ClN.C7H8O3S/c1-8-3-4-9-7-10(12)5-6-11(9)13(8)2;1-6-2-4-7(5-3-6)11(8,9)10/h3-7H,1-2H3;2-5H,1H3,(H,8,9,10)/q+1;/p-1. The lowest BCUT2D eigenvalue weighted by molar-refractivity contribution is -0.651. The van der Waals surface area contributed by atoms with Gasteiger partial charge in [-0.15, -0.1) is 0 Å². The summed E-state index contributed by atoms with van der Waals surface area (Å²) in [4.78, 5) is -0.178. The van der Waals surface area contributed by atoms with Gasteiger partial charge >= 0.3 is 0 Å². The van der Waals surface area contributed by atoms with Crippen LogP contribution in [0, 0.1) is 13.8 Å². The second kappa shape index (κ2) is 7.30. The predicted octanol–water partition coefficient (Wildman–Crippen LogP) is 3.53. The lowest BCUT2D eigenvalue weighted by atomic mass is 10.2. The van der Waals surface area contributed by atoms with Crippen molar-refractivity contribution in [2.24, 2.45) is 7.05 Å². The summed E-state index contributed by atoms with van der Waals surface area (Å²) in [6, 6.07) is 15.9. The van der Waals surface area contributed by atoms with Crippen LogP contribution in [-0.2, 0) is 17.2 Å². The van der Waals surface area contributed by atoms with Gasteiger partial charge in [0.05, 0.1) is 4.90 Å². The molecule has 0 radical (unpaired) electrons. The molecule has 0 amide bonds. The first-order valence-corrected chi connectivity index (χ1v) is 9.04. The molecule has 0 bridgehead atoms. The molecule has 126 valence electrons. The maximum absolute atomic E-state index is 10.4. The van der Waals surface area contributed by atoms with Crippen LogP contribution in [0.15, 0.2) is 59.5 Å². The van der Waals surface area contributed by atoms with Crippen molar-refractivity contribution in [1.29, 1.82) is 0 Å². The fourth-order valence-electron chi connectivity index (χ4n) is 2.18. The SMILES string of the molecule is Cc1ccc(S(=O)(=O)[O-])cc1.Cc1ccc2cc(Cl)ccc2[n+]1C. The number of benzene rings is 2. The summed E-state index contributed by atoms with van der Waals surface area (Å²) in [5.41, 5.74) is 3.39. The van der Waals surface area contributed by atoms with Crippen LogP contribution in [0.4, 0.5) is 0 Å². The van der Waals surface area contributed by atoms with Crippen LogP contribution in [0.1, 0.15) is 11.3 Å². The third-order valence-electron chi connectivity index (χ3n) is 3.69. The molecular formula is C18H18ClNO3S. The molecule has 4 nitrogen and oxygen atoms in total. The third-order valence-corrected chi connectivity index (χ3v) is 4.78. The summed E-state index contributed by atoms with van der Waals surface area (Å²) in [6.07, 6.45) is 0. The third kappa shape index (κ3) is 4.54. The van der Waals surface area contributed by atoms with Crippen molar-refractivity contribution in [3.63, 3.8) is 0 Å². The fraction of sp³-hybridized carbons (Fsp3) is 0.167.